The van der Waals surface area contributed by atoms with Crippen LogP contribution in [0.3, 0.4) is 0 Å². The molecule has 1 atom stereocenters. The first-order valence-electron chi connectivity index (χ1n) is 7.05. The standard InChI is InChI=1S/C16H23ClO3/c1-5-19-15-10-16(20-6-2)14(17)9-13(15)8-11(3)7-12(4)18/h9-11H,5-8H2,1-4H3. The molecule has 1 aromatic rings. The van der Waals surface area contributed by atoms with Crippen molar-refractivity contribution in [3.8, 4) is 11.5 Å². The van der Waals surface area contributed by atoms with Gasteiger partial charge in [0.2, 0.25) is 0 Å². The minimum absolute atomic E-state index is 0.201. The van der Waals surface area contributed by atoms with Crippen LogP contribution in [0.4, 0.5) is 0 Å². The van der Waals surface area contributed by atoms with Crippen LogP contribution in [-0.2, 0) is 11.2 Å². The van der Waals surface area contributed by atoms with E-state index >= 15 is 0 Å². The summed E-state index contributed by atoms with van der Waals surface area (Å²) < 4.78 is 11.1. The van der Waals surface area contributed by atoms with Gasteiger partial charge in [-0.25, -0.2) is 0 Å². The zero-order valence-electron chi connectivity index (χ0n) is 12.7. The Labute approximate surface area is 126 Å². The predicted molar refractivity (Wildman–Crippen MR) is 82.0 cm³/mol. The molecule has 112 valence electrons. The average molecular weight is 299 g/mol. The van der Waals surface area contributed by atoms with E-state index in [2.05, 4.69) is 6.92 Å². The Balaban J connectivity index is 2.98. The highest BCUT2D eigenvalue weighted by Gasteiger charge is 2.14. The number of Topliss-reactive ketones (excluding diaryl/α,β-unsaturated/α-hetero) is 1. The lowest BCUT2D eigenvalue weighted by molar-refractivity contribution is -0.117. The smallest absolute Gasteiger partial charge is 0.141 e. The fourth-order valence-electron chi connectivity index (χ4n) is 2.23. The maximum absolute atomic E-state index is 11.2. The van der Waals surface area contributed by atoms with Crippen LogP contribution in [0.25, 0.3) is 0 Å². The summed E-state index contributed by atoms with van der Waals surface area (Å²) >= 11 is 6.22. The molecule has 0 bridgehead atoms. The molecule has 0 saturated carbocycles. The van der Waals surface area contributed by atoms with Gasteiger partial charge in [0.25, 0.3) is 0 Å². The Morgan fingerprint density at radius 1 is 1.20 bits per heavy atom. The number of rotatable bonds is 8. The Morgan fingerprint density at radius 2 is 1.80 bits per heavy atom. The molecule has 0 heterocycles. The summed E-state index contributed by atoms with van der Waals surface area (Å²) in [5.41, 5.74) is 1.02. The monoisotopic (exact) mass is 298 g/mol. The van der Waals surface area contributed by atoms with Crippen molar-refractivity contribution in [3.63, 3.8) is 0 Å². The van der Waals surface area contributed by atoms with Crippen molar-refractivity contribution in [2.24, 2.45) is 5.92 Å². The molecule has 0 N–H and O–H groups in total. The van der Waals surface area contributed by atoms with E-state index in [1.807, 2.05) is 26.0 Å². The van der Waals surface area contributed by atoms with Crippen LogP contribution in [0.15, 0.2) is 12.1 Å². The minimum Gasteiger partial charge on any atom is -0.493 e. The normalized spacial score (nSPS) is 12.1. The summed E-state index contributed by atoms with van der Waals surface area (Å²) in [6.07, 6.45) is 1.33. The second kappa shape index (κ2) is 8.15. The number of ketones is 1. The molecule has 0 aliphatic carbocycles. The third-order valence-electron chi connectivity index (χ3n) is 2.92. The van der Waals surface area contributed by atoms with Crippen LogP contribution >= 0.6 is 11.6 Å². The molecule has 0 saturated heterocycles. The van der Waals surface area contributed by atoms with Gasteiger partial charge in [0.15, 0.2) is 0 Å². The van der Waals surface area contributed by atoms with Gasteiger partial charge >= 0.3 is 0 Å². The van der Waals surface area contributed by atoms with Gasteiger partial charge in [0.1, 0.15) is 17.3 Å². The van der Waals surface area contributed by atoms with Gasteiger partial charge in [-0.1, -0.05) is 18.5 Å². The number of hydrogen-bond acceptors (Lipinski definition) is 3. The molecule has 0 fully saturated rings. The summed E-state index contributed by atoms with van der Waals surface area (Å²) in [7, 11) is 0. The van der Waals surface area contributed by atoms with Crippen LogP contribution in [0.5, 0.6) is 11.5 Å². The van der Waals surface area contributed by atoms with Crippen LogP contribution in [-0.4, -0.2) is 19.0 Å². The third kappa shape index (κ3) is 5.04. The van der Waals surface area contributed by atoms with E-state index < -0.39 is 0 Å². The fourth-order valence-corrected chi connectivity index (χ4v) is 2.47. The minimum atomic E-state index is 0.201. The molecule has 4 heteroatoms. The van der Waals surface area contributed by atoms with Gasteiger partial charge in [-0.2, -0.15) is 0 Å². The molecule has 20 heavy (non-hydrogen) atoms. The predicted octanol–water partition coefficient (Wildman–Crippen LogP) is 4.30. The molecule has 1 rings (SSSR count). The Morgan fingerprint density at radius 3 is 2.35 bits per heavy atom. The molecule has 1 aromatic carbocycles. The Kier molecular flexibility index (Phi) is 6.86. The van der Waals surface area contributed by atoms with E-state index in [1.165, 1.54) is 0 Å². The second-order valence-corrected chi connectivity index (χ2v) is 5.38. The Bertz CT molecular complexity index is 457. The SMILES string of the molecule is CCOc1cc(OCC)c(CC(C)CC(C)=O)cc1Cl. The lowest BCUT2D eigenvalue weighted by Crippen LogP contribution is -2.07. The first kappa shape index (κ1) is 16.8. The maximum Gasteiger partial charge on any atom is 0.141 e. The van der Waals surface area contributed by atoms with Crippen LogP contribution in [0.2, 0.25) is 5.02 Å². The number of benzene rings is 1. The highest BCUT2D eigenvalue weighted by Crippen LogP contribution is 2.34. The van der Waals surface area contributed by atoms with E-state index in [1.54, 1.807) is 6.92 Å². The number of ether oxygens (including phenoxy) is 2. The topological polar surface area (TPSA) is 35.5 Å². The molecule has 0 amide bonds. The largest absolute Gasteiger partial charge is 0.493 e. The van der Waals surface area contributed by atoms with Gasteiger partial charge in [-0.05, 0) is 44.7 Å². The van der Waals surface area contributed by atoms with Gasteiger partial charge < -0.3 is 14.3 Å². The average Bonchev–Trinajstić information content (AvgIpc) is 2.34. The zero-order valence-corrected chi connectivity index (χ0v) is 13.4. The quantitative estimate of drug-likeness (QED) is 0.718. The molecule has 0 aliphatic heterocycles. The van der Waals surface area contributed by atoms with E-state index in [-0.39, 0.29) is 11.7 Å². The number of hydrogen-bond donors (Lipinski definition) is 0. The van der Waals surface area contributed by atoms with Crippen molar-refractivity contribution in [1.82, 2.24) is 0 Å². The summed E-state index contributed by atoms with van der Waals surface area (Å²) in [5, 5.41) is 0.584. The van der Waals surface area contributed by atoms with Crippen molar-refractivity contribution in [2.45, 2.75) is 40.5 Å². The lowest BCUT2D eigenvalue weighted by Gasteiger charge is -2.16. The van der Waals surface area contributed by atoms with E-state index in [0.29, 0.717) is 30.4 Å². The summed E-state index contributed by atoms with van der Waals surface area (Å²) in [6, 6.07) is 3.72. The summed E-state index contributed by atoms with van der Waals surface area (Å²) in [6.45, 7) is 8.68. The molecular formula is C16H23ClO3. The van der Waals surface area contributed by atoms with Gasteiger partial charge in [0.05, 0.1) is 18.2 Å². The number of carbonyl (C=O) groups excluding carboxylic acids is 1. The molecule has 0 aromatic heterocycles. The highest BCUT2D eigenvalue weighted by atomic mass is 35.5. The van der Waals surface area contributed by atoms with Crippen molar-refractivity contribution in [2.75, 3.05) is 13.2 Å². The van der Waals surface area contributed by atoms with Crippen molar-refractivity contribution < 1.29 is 14.3 Å². The van der Waals surface area contributed by atoms with Gasteiger partial charge in [-0.3, -0.25) is 0 Å². The second-order valence-electron chi connectivity index (χ2n) is 4.97. The Hall–Kier alpha value is -1.22. The van der Waals surface area contributed by atoms with Gasteiger partial charge in [0, 0.05) is 12.5 Å². The van der Waals surface area contributed by atoms with E-state index in [4.69, 9.17) is 21.1 Å². The molecular weight excluding hydrogens is 276 g/mol. The first-order chi connectivity index (χ1) is 9.47. The van der Waals surface area contributed by atoms with E-state index in [0.717, 1.165) is 17.7 Å². The van der Waals surface area contributed by atoms with Crippen molar-refractivity contribution >= 4 is 17.4 Å². The summed E-state index contributed by atoms with van der Waals surface area (Å²) in [4.78, 5) is 11.2. The molecule has 0 spiro atoms. The molecule has 0 aliphatic rings. The number of carbonyl (C=O) groups is 1. The molecule has 0 radical (unpaired) electrons. The fraction of sp³-hybridized carbons (Fsp3) is 0.562. The van der Waals surface area contributed by atoms with Crippen LogP contribution in [0.1, 0.15) is 39.7 Å². The lowest BCUT2D eigenvalue weighted by atomic mass is 9.96. The van der Waals surface area contributed by atoms with Crippen molar-refractivity contribution in [1.29, 1.82) is 0 Å². The van der Waals surface area contributed by atoms with Crippen molar-refractivity contribution in [3.05, 3.63) is 22.7 Å². The zero-order chi connectivity index (χ0) is 15.1. The number of halogens is 1. The third-order valence-corrected chi connectivity index (χ3v) is 3.21. The van der Waals surface area contributed by atoms with Crippen LogP contribution in [0, 0.1) is 5.92 Å². The molecule has 3 nitrogen and oxygen atoms in total. The highest BCUT2D eigenvalue weighted by molar-refractivity contribution is 6.32. The van der Waals surface area contributed by atoms with E-state index in [9.17, 15) is 4.79 Å². The van der Waals surface area contributed by atoms with Gasteiger partial charge in [-0.15, -0.1) is 0 Å². The molecule has 1 unspecified atom stereocenters. The maximum atomic E-state index is 11.2. The first-order valence-corrected chi connectivity index (χ1v) is 7.43. The van der Waals surface area contributed by atoms with Crippen LogP contribution < -0.4 is 9.47 Å². The summed E-state index contributed by atoms with van der Waals surface area (Å²) in [5.74, 6) is 1.89.